The number of nitrogens with one attached hydrogen (secondary N) is 1. The number of carbonyl (C=O) groups excluding carboxylic acids is 1. The molecule has 0 aliphatic rings. The van der Waals surface area contributed by atoms with E-state index in [4.69, 9.17) is 11.6 Å². The fourth-order valence-electron chi connectivity index (χ4n) is 1.97. The molecular formula is C16H17ClN2O3S. The van der Waals surface area contributed by atoms with E-state index in [1.165, 1.54) is 0 Å². The van der Waals surface area contributed by atoms with E-state index in [2.05, 4.69) is 5.32 Å². The number of hydrogen-bond donors (Lipinski definition) is 1. The zero-order valence-electron chi connectivity index (χ0n) is 12.6. The second-order valence-electron chi connectivity index (χ2n) is 5.07. The van der Waals surface area contributed by atoms with Crippen molar-refractivity contribution in [2.24, 2.45) is 0 Å². The largest absolute Gasteiger partial charge is 0.325 e. The van der Waals surface area contributed by atoms with E-state index in [0.717, 1.165) is 16.1 Å². The minimum atomic E-state index is -3.51. The molecule has 0 aliphatic heterocycles. The molecule has 122 valence electrons. The predicted octanol–water partition coefficient (Wildman–Crippen LogP) is 2.74. The lowest BCUT2D eigenvalue weighted by molar-refractivity contribution is -0.116. The summed E-state index contributed by atoms with van der Waals surface area (Å²) in [5.74, 6) is -0.409. The zero-order chi connectivity index (χ0) is 16.9. The lowest BCUT2D eigenvalue weighted by atomic mass is 10.2. The quantitative estimate of drug-likeness (QED) is 0.869. The molecule has 0 aliphatic carbocycles. The molecule has 0 saturated heterocycles. The summed E-state index contributed by atoms with van der Waals surface area (Å²) in [6, 6.07) is 15.7. The summed E-state index contributed by atoms with van der Waals surface area (Å²) in [4.78, 5) is 12.1. The van der Waals surface area contributed by atoms with E-state index >= 15 is 0 Å². The van der Waals surface area contributed by atoms with Crippen LogP contribution in [0.15, 0.2) is 54.6 Å². The first-order chi connectivity index (χ1) is 10.8. The number of amides is 1. The average molecular weight is 353 g/mol. The number of halogens is 1. The second kappa shape index (κ2) is 7.59. The van der Waals surface area contributed by atoms with E-state index in [1.807, 2.05) is 30.3 Å². The van der Waals surface area contributed by atoms with Gasteiger partial charge in [-0.1, -0.05) is 41.9 Å². The third kappa shape index (κ3) is 5.67. The lowest BCUT2D eigenvalue weighted by Crippen LogP contribution is -2.36. The fraction of sp³-hybridized carbons (Fsp3) is 0.188. The van der Waals surface area contributed by atoms with Crippen LogP contribution in [0.2, 0.25) is 5.02 Å². The summed E-state index contributed by atoms with van der Waals surface area (Å²) in [5.41, 5.74) is 1.38. The van der Waals surface area contributed by atoms with E-state index in [0.29, 0.717) is 10.7 Å². The van der Waals surface area contributed by atoms with Crippen LogP contribution < -0.4 is 5.32 Å². The Morgan fingerprint density at radius 1 is 1.09 bits per heavy atom. The van der Waals surface area contributed by atoms with E-state index in [9.17, 15) is 13.2 Å². The second-order valence-corrected chi connectivity index (χ2v) is 7.49. The van der Waals surface area contributed by atoms with Crippen molar-refractivity contribution in [2.75, 3.05) is 18.1 Å². The van der Waals surface area contributed by atoms with Gasteiger partial charge in [-0.25, -0.2) is 8.42 Å². The van der Waals surface area contributed by atoms with Crippen molar-refractivity contribution in [3.8, 4) is 0 Å². The Kier molecular flexibility index (Phi) is 5.76. The van der Waals surface area contributed by atoms with Crippen LogP contribution in [0, 0.1) is 0 Å². The molecule has 0 unspecified atom stereocenters. The molecule has 0 fully saturated rings. The first-order valence-corrected chi connectivity index (χ1v) is 9.12. The van der Waals surface area contributed by atoms with Crippen LogP contribution in [0.3, 0.4) is 0 Å². The van der Waals surface area contributed by atoms with Gasteiger partial charge in [-0.2, -0.15) is 4.31 Å². The number of carbonyl (C=O) groups is 1. The molecule has 5 nitrogen and oxygen atoms in total. The summed E-state index contributed by atoms with van der Waals surface area (Å²) in [6.07, 6.45) is 1.09. The van der Waals surface area contributed by atoms with Crippen molar-refractivity contribution in [1.29, 1.82) is 0 Å². The Balaban J connectivity index is 2.05. The molecule has 0 radical (unpaired) electrons. The number of hydrogen-bond acceptors (Lipinski definition) is 3. The molecule has 0 bridgehead atoms. The standard InChI is InChI=1S/C16H17ClN2O3S/c1-23(21,22)19(11-13-5-3-2-4-6-13)12-16(20)18-15-9-7-14(17)8-10-15/h2-10H,11-12H2,1H3,(H,18,20). The summed E-state index contributed by atoms with van der Waals surface area (Å²) in [7, 11) is -3.51. The van der Waals surface area contributed by atoms with Crippen LogP contribution in [0.4, 0.5) is 5.69 Å². The van der Waals surface area contributed by atoms with Crippen LogP contribution >= 0.6 is 11.6 Å². The monoisotopic (exact) mass is 352 g/mol. The maximum atomic E-state index is 12.1. The van der Waals surface area contributed by atoms with Crippen LogP contribution in [0.1, 0.15) is 5.56 Å². The molecule has 1 N–H and O–H groups in total. The Morgan fingerprint density at radius 2 is 1.70 bits per heavy atom. The van der Waals surface area contributed by atoms with Gasteiger partial charge in [0, 0.05) is 17.3 Å². The third-order valence-electron chi connectivity index (χ3n) is 3.12. The van der Waals surface area contributed by atoms with Crippen molar-refractivity contribution in [2.45, 2.75) is 6.54 Å². The number of benzene rings is 2. The minimum absolute atomic E-state index is 0.147. The Bertz CT molecular complexity index is 762. The van der Waals surface area contributed by atoms with Crippen LogP contribution in [0.5, 0.6) is 0 Å². The predicted molar refractivity (Wildman–Crippen MR) is 91.8 cm³/mol. The molecule has 2 aromatic rings. The van der Waals surface area contributed by atoms with Crippen molar-refractivity contribution in [1.82, 2.24) is 4.31 Å². The first-order valence-electron chi connectivity index (χ1n) is 6.89. The van der Waals surface area contributed by atoms with E-state index in [-0.39, 0.29) is 13.1 Å². The number of nitrogens with zero attached hydrogens (tertiary/aromatic N) is 1. The highest BCUT2D eigenvalue weighted by molar-refractivity contribution is 7.88. The molecule has 2 aromatic carbocycles. The Labute approximate surface area is 140 Å². The van der Waals surface area contributed by atoms with Gasteiger partial charge >= 0.3 is 0 Å². The van der Waals surface area contributed by atoms with Crippen molar-refractivity contribution in [3.05, 3.63) is 65.2 Å². The van der Waals surface area contributed by atoms with Crippen molar-refractivity contribution in [3.63, 3.8) is 0 Å². The van der Waals surface area contributed by atoms with Gasteiger partial charge in [-0.05, 0) is 29.8 Å². The van der Waals surface area contributed by atoms with Gasteiger partial charge in [0.05, 0.1) is 12.8 Å². The SMILES string of the molecule is CS(=O)(=O)N(CC(=O)Nc1ccc(Cl)cc1)Cc1ccccc1. The van der Waals surface area contributed by atoms with Gasteiger partial charge < -0.3 is 5.32 Å². The van der Waals surface area contributed by atoms with Crippen LogP contribution in [0.25, 0.3) is 0 Å². The summed E-state index contributed by atoms with van der Waals surface area (Å²) in [6.45, 7) is -0.107. The number of rotatable bonds is 6. The highest BCUT2D eigenvalue weighted by Crippen LogP contribution is 2.14. The summed E-state index contributed by atoms with van der Waals surface area (Å²) in [5, 5.41) is 3.21. The normalized spacial score (nSPS) is 11.4. The van der Waals surface area contributed by atoms with Gasteiger partial charge in [0.2, 0.25) is 15.9 Å². The van der Waals surface area contributed by atoms with E-state index in [1.54, 1.807) is 24.3 Å². The maximum absolute atomic E-state index is 12.1. The average Bonchev–Trinajstić information content (AvgIpc) is 2.49. The first kappa shape index (κ1) is 17.5. The number of anilines is 1. The van der Waals surface area contributed by atoms with Gasteiger partial charge in [0.1, 0.15) is 0 Å². The highest BCUT2D eigenvalue weighted by Gasteiger charge is 2.20. The van der Waals surface area contributed by atoms with E-state index < -0.39 is 15.9 Å². The molecule has 0 heterocycles. The molecular weight excluding hydrogens is 336 g/mol. The van der Waals surface area contributed by atoms with Gasteiger partial charge in [-0.15, -0.1) is 0 Å². The van der Waals surface area contributed by atoms with Crippen LogP contribution in [-0.4, -0.2) is 31.4 Å². The zero-order valence-corrected chi connectivity index (χ0v) is 14.1. The Hall–Kier alpha value is -1.89. The van der Waals surface area contributed by atoms with Gasteiger partial charge in [0.25, 0.3) is 0 Å². The smallest absolute Gasteiger partial charge is 0.239 e. The molecule has 23 heavy (non-hydrogen) atoms. The topological polar surface area (TPSA) is 66.5 Å². The van der Waals surface area contributed by atoms with Crippen molar-refractivity contribution >= 4 is 33.2 Å². The van der Waals surface area contributed by atoms with Gasteiger partial charge in [0.15, 0.2) is 0 Å². The van der Waals surface area contributed by atoms with Crippen molar-refractivity contribution < 1.29 is 13.2 Å². The molecule has 0 atom stereocenters. The molecule has 1 amide bonds. The fourth-order valence-corrected chi connectivity index (χ4v) is 2.83. The lowest BCUT2D eigenvalue weighted by Gasteiger charge is -2.19. The summed E-state index contributed by atoms with van der Waals surface area (Å²) < 4.78 is 24.9. The van der Waals surface area contributed by atoms with Crippen LogP contribution in [-0.2, 0) is 21.4 Å². The number of sulfonamides is 1. The molecule has 0 saturated carbocycles. The summed E-state index contributed by atoms with van der Waals surface area (Å²) >= 11 is 5.78. The molecule has 7 heteroatoms. The molecule has 0 aromatic heterocycles. The molecule has 2 rings (SSSR count). The van der Waals surface area contributed by atoms with Gasteiger partial charge in [-0.3, -0.25) is 4.79 Å². The highest BCUT2D eigenvalue weighted by atomic mass is 35.5. The Morgan fingerprint density at radius 3 is 2.26 bits per heavy atom. The third-order valence-corrected chi connectivity index (χ3v) is 4.57. The maximum Gasteiger partial charge on any atom is 0.239 e. The molecule has 0 spiro atoms. The minimum Gasteiger partial charge on any atom is -0.325 e.